The van der Waals surface area contributed by atoms with Gasteiger partial charge in [-0.1, -0.05) is 34.6 Å². The van der Waals surface area contributed by atoms with E-state index in [1.165, 1.54) is 0 Å². The van der Waals surface area contributed by atoms with Gasteiger partial charge >= 0.3 is 0 Å². The molecule has 0 saturated heterocycles. The molecule has 0 atom stereocenters. The molecule has 0 amide bonds. The Bertz CT molecular complexity index is 289. The molecular weight excluding hydrogens is 214 g/mol. The van der Waals surface area contributed by atoms with Crippen LogP contribution in [0.1, 0.15) is 55.4 Å². The first-order valence-corrected chi connectivity index (χ1v) is 7.19. The molecule has 0 bridgehead atoms. The van der Waals surface area contributed by atoms with Crippen LogP contribution in [0.2, 0.25) is 0 Å². The Morgan fingerprint density at radius 1 is 1.06 bits per heavy atom. The maximum absolute atomic E-state index is 2.57. The first-order chi connectivity index (χ1) is 7.05. The summed E-state index contributed by atoms with van der Waals surface area (Å²) in [7, 11) is 0. The zero-order valence-electron chi connectivity index (χ0n) is 12.1. The largest absolute Gasteiger partial charge is 0.360 e. The summed E-state index contributed by atoms with van der Waals surface area (Å²) in [5, 5.41) is 0. The normalized spacial score (nSPS) is 18.9. The topological polar surface area (TPSA) is 3.24 Å². The van der Waals surface area contributed by atoms with E-state index in [2.05, 4.69) is 60.3 Å². The van der Waals surface area contributed by atoms with Crippen molar-refractivity contribution in [3.8, 4) is 0 Å². The molecule has 0 unspecified atom stereocenters. The molecule has 0 aromatic heterocycles. The van der Waals surface area contributed by atoms with Crippen LogP contribution in [0.25, 0.3) is 0 Å². The van der Waals surface area contributed by atoms with Gasteiger partial charge in [-0.15, -0.1) is 11.8 Å². The highest BCUT2D eigenvalue weighted by atomic mass is 32.2. The minimum atomic E-state index is 0.236. The third-order valence-corrected chi connectivity index (χ3v) is 4.40. The molecule has 94 valence electrons. The van der Waals surface area contributed by atoms with Crippen LogP contribution < -0.4 is 0 Å². The minimum Gasteiger partial charge on any atom is -0.360 e. The van der Waals surface area contributed by atoms with E-state index >= 15 is 0 Å². The summed E-state index contributed by atoms with van der Waals surface area (Å²) in [4.78, 5) is 4.15. The fraction of sp³-hybridized carbons (Fsp3) is 0.857. The molecular formula is C14H27NS. The van der Waals surface area contributed by atoms with Gasteiger partial charge < -0.3 is 4.90 Å². The van der Waals surface area contributed by atoms with E-state index in [4.69, 9.17) is 0 Å². The van der Waals surface area contributed by atoms with E-state index in [0.29, 0.717) is 5.92 Å². The zero-order chi connectivity index (χ0) is 12.7. The van der Waals surface area contributed by atoms with Crippen molar-refractivity contribution in [2.75, 3.05) is 5.88 Å². The van der Waals surface area contributed by atoms with Gasteiger partial charge in [-0.3, -0.25) is 0 Å². The van der Waals surface area contributed by atoms with E-state index in [-0.39, 0.29) is 11.0 Å². The highest BCUT2D eigenvalue weighted by molar-refractivity contribution is 8.03. The highest BCUT2D eigenvalue weighted by Gasteiger charge is 2.36. The van der Waals surface area contributed by atoms with Gasteiger partial charge in [0.1, 0.15) is 0 Å². The smallest absolute Gasteiger partial charge is 0.0686 e. The van der Waals surface area contributed by atoms with Gasteiger partial charge in [0.25, 0.3) is 0 Å². The van der Waals surface area contributed by atoms with E-state index in [1.807, 2.05) is 11.8 Å². The standard InChI is InChI=1S/C14H27NS/c1-10(2)11-12(13(3,4)5)16-9-15(11)14(6,7)8/h10H,9H2,1-8H3. The lowest BCUT2D eigenvalue weighted by Gasteiger charge is -2.38. The molecule has 0 aliphatic carbocycles. The van der Waals surface area contributed by atoms with Crippen LogP contribution >= 0.6 is 11.8 Å². The molecule has 1 aliphatic heterocycles. The van der Waals surface area contributed by atoms with Crippen LogP contribution in [0.5, 0.6) is 0 Å². The Kier molecular flexibility index (Phi) is 3.74. The second-order valence-electron chi connectivity index (χ2n) is 6.99. The molecule has 0 radical (unpaired) electrons. The highest BCUT2D eigenvalue weighted by Crippen LogP contribution is 2.47. The van der Waals surface area contributed by atoms with Crippen molar-refractivity contribution in [1.29, 1.82) is 0 Å². The number of hydrogen-bond acceptors (Lipinski definition) is 2. The van der Waals surface area contributed by atoms with Crippen molar-refractivity contribution in [1.82, 2.24) is 4.90 Å². The molecule has 0 N–H and O–H groups in total. The molecule has 1 aliphatic rings. The Balaban J connectivity index is 3.18. The van der Waals surface area contributed by atoms with Gasteiger partial charge in [0.05, 0.1) is 5.88 Å². The lowest BCUT2D eigenvalue weighted by molar-refractivity contribution is 0.201. The summed E-state index contributed by atoms with van der Waals surface area (Å²) < 4.78 is 0. The van der Waals surface area contributed by atoms with Crippen molar-refractivity contribution < 1.29 is 0 Å². The quantitative estimate of drug-likeness (QED) is 0.654. The molecule has 16 heavy (non-hydrogen) atoms. The summed E-state index contributed by atoms with van der Waals surface area (Å²) in [6, 6.07) is 0. The lowest BCUT2D eigenvalue weighted by atomic mass is 9.90. The summed E-state index contributed by atoms with van der Waals surface area (Å²) in [6.07, 6.45) is 0. The molecule has 1 nitrogen and oxygen atoms in total. The number of hydrogen-bond donors (Lipinski definition) is 0. The average molecular weight is 241 g/mol. The first kappa shape index (κ1) is 14.0. The van der Waals surface area contributed by atoms with E-state index in [1.54, 1.807) is 10.6 Å². The molecule has 0 aromatic carbocycles. The Hall–Kier alpha value is -0.110. The molecule has 1 heterocycles. The van der Waals surface area contributed by atoms with Crippen LogP contribution in [-0.2, 0) is 0 Å². The van der Waals surface area contributed by atoms with E-state index < -0.39 is 0 Å². The van der Waals surface area contributed by atoms with Crippen molar-refractivity contribution >= 4 is 11.8 Å². The second-order valence-corrected chi connectivity index (χ2v) is 7.95. The lowest BCUT2D eigenvalue weighted by Crippen LogP contribution is -2.39. The Morgan fingerprint density at radius 3 is 1.88 bits per heavy atom. The number of rotatable bonds is 1. The van der Waals surface area contributed by atoms with Crippen LogP contribution in [0.4, 0.5) is 0 Å². The summed E-state index contributed by atoms with van der Waals surface area (Å²) in [6.45, 7) is 18.5. The van der Waals surface area contributed by atoms with Crippen LogP contribution in [0, 0.1) is 11.3 Å². The summed E-state index contributed by atoms with van der Waals surface area (Å²) in [5.74, 6) is 1.73. The van der Waals surface area contributed by atoms with E-state index in [9.17, 15) is 0 Å². The predicted molar refractivity (Wildman–Crippen MR) is 75.4 cm³/mol. The van der Waals surface area contributed by atoms with Crippen molar-refractivity contribution in [3.05, 3.63) is 10.6 Å². The second kappa shape index (κ2) is 4.29. The molecule has 2 heteroatoms. The third-order valence-electron chi connectivity index (χ3n) is 2.90. The maximum atomic E-state index is 2.57. The van der Waals surface area contributed by atoms with Crippen LogP contribution in [-0.4, -0.2) is 16.3 Å². The number of allylic oxidation sites excluding steroid dienone is 2. The van der Waals surface area contributed by atoms with Crippen LogP contribution in [0.3, 0.4) is 0 Å². The van der Waals surface area contributed by atoms with Crippen molar-refractivity contribution in [2.45, 2.75) is 60.9 Å². The molecule has 1 rings (SSSR count). The monoisotopic (exact) mass is 241 g/mol. The maximum Gasteiger partial charge on any atom is 0.0686 e. The fourth-order valence-corrected chi connectivity index (χ4v) is 3.84. The van der Waals surface area contributed by atoms with Gasteiger partial charge in [0, 0.05) is 16.1 Å². The minimum absolute atomic E-state index is 0.236. The molecule has 0 aromatic rings. The van der Waals surface area contributed by atoms with Gasteiger partial charge in [-0.25, -0.2) is 0 Å². The van der Waals surface area contributed by atoms with E-state index in [0.717, 1.165) is 5.88 Å². The summed E-state index contributed by atoms with van der Waals surface area (Å²) in [5.41, 5.74) is 2.08. The molecule has 0 spiro atoms. The fourth-order valence-electron chi connectivity index (χ4n) is 2.12. The number of thioether (sulfide) groups is 1. The summed E-state index contributed by atoms with van der Waals surface area (Å²) >= 11 is 2.03. The van der Waals surface area contributed by atoms with Gasteiger partial charge in [0.15, 0.2) is 0 Å². The van der Waals surface area contributed by atoms with Gasteiger partial charge in [-0.2, -0.15) is 0 Å². The van der Waals surface area contributed by atoms with Crippen molar-refractivity contribution in [2.24, 2.45) is 11.3 Å². The Morgan fingerprint density at radius 2 is 1.56 bits per heavy atom. The SMILES string of the molecule is CC(C)C1=C(C(C)(C)C)SCN1C(C)(C)C. The average Bonchev–Trinajstić information content (AvgIpc) is 2.43. The van der Waals surface area contributed by atoms with Gasteiger partial charge in [0.2, 0.25) is 0 Å². The van der Waals surface area contributed by atoms with Crippen molar-refractivity contribution in [3.63, 3.8) is 0 Å². The predicted octanol–water partition coefficient (Wildman–Crippen LogP) is 4.70. The Labute approximate surface area is 106 Å². The van der Waals surface area contributed by atoms with Gasteiger partial charge in [-0.05, 0) is 32.1 Å². The third kappa shape index (κ3) is 2.77. The number of nitrogens with zero attached hydrogens (tertiary/aromatic N) is 1. The first-order valence-electron chi connectivity index (χ1n) is 6.20. The molecule has 0 saturated carbocycles. The van der Waals surface area contributed by atoms with Crippen LogP contribution in [0.15, 0.2) is 10.6 Å². The molecule has 0 fully saturated rings. The zero-order valence-corrected chi connectivity index (χ0v) is 13.0.